The van der Waals surface area contributed by atoms with Crippen molar-refractivity contribution in [1.29, 1.82) is 0 Å². The second-order valence-electron chi connectivity index (χ2n) is 3.91. The predicted molar refractivity (Wildman–Crippen MR) is 82.0 cm³/mol. The number of nitrogens with two attached hydrogens (primary N) is 1. The number of nitrogens with zero attached hydrogens (tertiary/aromatic N) is 2. The molecule has 1 aromatic heterocycles. The minimum absolute atomic E-state index is 0.120. The zero-order valence-electron chi connectivity index (χ0n) is 10.5. The summed E-state index contributed by atoms with van der Waals surface area (Å²) in [5, 5.41) is 24.4. The molecule has 2 aromatic rings. The Morgan fingerprint density at radius 2 is 2.29 bits per heavy atom. The number of thiophene rings is 1. The van der Waals surface area contributed by atoms with Crippen molar-refractivity contribution in [2.45, 2.75) is 6.61 Å². The summed E-state index contributed by atoms with van der Waals surface area (Å²) in [5.41, 5.74) is 5.42. The van der Waals surface area contributed by atoms with Crippen molar-refractivity contribution < 1.29 is 14.9 Å². The van der Waals surface area contributed by atoms with Crippen LogP contribution in [0.2, 0.25) is 0 Å². The fourth-order valence-corrected chi connectivity index (χ4v) is 2.95. The summed E-state index contributed by atoms with van der Waals surface area (Å²) in [4.78, 5) is 11.4. The highest BCUT2D eigenvalue weighted by Crippen LogP contribution is 2.30. The van der Waals surface area contributed by atoms with Crippen molar-refractivity contribution in [3.8, 4) is 5.75 Å². The molecule has 0 aliphatic rings. The number of nitro groups is 1. The smallest absolute Gasteiger partial charge is 0.311 e. The van der Waals surface area contributed by atoms with Gasteiger partial charge in [-0.1, -0.05) is 5.16 Å². The average Bonchev–Trinajstić information content (AvgIpc) is 2.89. The van der Waals surface area contributed by atoms with E-state index in [0.29, 0.717) is 0 Å². The van der Waals surface area contributed by atoms with Gasteiger partial charge < -0.3 is 15.7 Å². The van der Waals surface area contributed by atoms with Crippen LogP contribution in [0.25, 0.3) is 0 Å². The highest BCUT2D eigenvalue weighted by molar-refractivity contribution is 9.10. The first kappa shape index (κ1) is 15.3. The Morgan fingerprint density at radius 1 is 1.52 bits per heavy atom. The van der Waals surface area contributed by atoms with Gasteiger partial charge in [0, 0.05) is 16.1 Å². The summed E-state index contributed by atoms with van der Waals surface area (Å²) < 4.78 is 6.38. The van der Waals surface area contributed by atoms with E-state index >= 15 is 0 Å². The number of nitro benzene ring substituents is 1. The van der Waals surface area contributed by atoms with E-state index in [1.807, 2.05) is 11.4 Å². The standard InChI is InChI=1S/C12H10BrN3O4S/c13-8-3-4-21-11(8)6-20-10-2-1-7(12(14)15-17)5-9(10)16(18)19/h1-5,17H,6H2,(H2,14,15). The topological polar surface area (TPSA) is 111 Å². The second kappa shape index (κ2) is 6.55. The molecule has 1 aromatic carbocycles. The minimum Gasteiger partial charge on any atom is -0.481 e. The third kappa shape index (κ3) is 3.50. The normalized spacial score (nSPS) is 11.4. The van der Waals surface area contributed by atoms with Crippen LogP contribution < -0.4 is 10.5 Å². The lowest BCUT2D eigenvalue weighted by molar-refractivity contribution is -0.385. The maximum Gasteiger partial charge on any atom is 0.311 e. The number of ether oxygens (including phenoxy) is 1. The van der Waals surface area contributed by atoms with Gasteiger partial charge >= 0.3 is 5.69 Å². The van der Waals surface area contributed by atoms with Crippen LogP contribution in [0.5, 0.6) is 5.75 Å². The molecular weight excluding hydrogens is 362 g/mol. The number of hydrogen-bond donors (Lipinski definition) is 2. The number of rotatable bonds is 5. The van der Waals surface area contributed by atoms with Crippen LogP contribution in [-0.2, 0) is 6.61 Å². The van der Waals surface area contributed by atoms with Gasteiger partial charge in [-0.05, 0) is 39.5 Å². The number of hydrogen-bond acceptors (Lipinski definition) is 6. The van der Waals surface area contributed by atoms with E-state index in [4.69, 9.17) is 15.7 Å². The van der Waals surface area contributed by atoms with Gasteiger partial charge in [0.25, 0.3) is 0 Å². The summed E-state index contributed by atoms with van der Waals surface area (Å²) in [6.45, 7) is 0.210. The van der Waals surface area contributed by atoms with Gasteiger partial charge in [-0.25, -0.2) is 0 Å². The van der Waals surface area contributed by atoms with Crippen molar-refractivity contribution in [1.82, 2.24) is 0 Å². The molecule has 1 heterocycles. The van der Waals surface area contributed by atoms with Gasteiger partial charge in [0.2, 0.25) is 0 Å². The van der Waals surface area contributed by atoms with Gasteiger partial charge in [-0.3, -0.25) is 10.1 Å². The molecule has 0 unspecified atom stereocenters. The van der Waals surface area contributed by atoms with Gasteiger partial charge in [-0.2, -0.15) is 0 Å². The van der Waals surface area contributed by atoms with E-state index in [9.17, 15) is 10.1 Å². The first-order chi connectivity index (χ1) is 10.0. The largest absolute Gasteiger partial charge is 0.481 e. The zero-order chi connectivity index (χ0) is 15.4. The van der Waals surface area contributed by atoms with E-state index in [-0.39, 0.29) is 29.4 Å². The van der Waals surface area contributed by atoms with Crippen LogP contribution in [0.1, 0.15) is 10.4 Å². The molecule has 0 saturated heterocycles. The number of oxime groups is 1. The molecule has 7 nitrogen and oxygen atoms in total. The lowest BCUT2D eigenvalue weighted by Gasteiger charge is -2.07. The fourth-order valence-electron chi connectivity index (χ4n) is 1.57. The van der Waals surface area contributed by atoms with Crippen LogP contribution in [0.15, 0.2) is 39.3 Å². The molecular formula is C12H10BrN3O4S. The maximum atomic E-state index is 11.1. The monoisotopic (exact) mass is 371 g/mol. The summed E-state index contributed by atoms with van der Waals surface area (Å²) in [6, 6.07) is 5.99. The lowest BCUT2D eigenvalue weighted by Crippen LogP contribution is -2.13. The number of amidine groups is 1. The molecule has 0 aliphatic heterocycles. The zero-order valence-corrected chi connectivity index (χ0v) is 12.9. The Morgan fingerprint density at radius 3 is 2.86 bits per heavy atom. The first-order valence-corrected chi connectivity index (χ1v) is 7.31. The number of benzene rings is 1. The van der Waals surface area contributed by atoms with E-state index in [1.165, 1.54) is 29.5 Å². The van der Waals surface area contributed by atoms with Crippen molar-refractivity contribution in [2.75, 3.05) is 0 Å². The van der Waals surface area contributed by atoms with E-state index in [0.717, 1.165) is 9.35 Å². The molecule has 0 atom stereocenters. The van der Waals surface area contributed by atoms with Crippen LogP contribution >= 0.6 is 27.3 Å². The van der Waals surface area contributed by atoms with E-state index in [1.54, 1.807) is 0 Å². The second-order valence-corrected chi connectivity index (χ2v) is 5.76. The molecule has 3 N–H and O–H groups in total. The first-order valence-electron chi connectivity index (χ1n) is 5.64. The van der Waals surface area contributed by atoms with Crippen molar-refractivity contribution in [2.24, 2.45) is 10.9 Å². The fraction of sp³-hybridized carbons (Fsp3) is 0.0833. The molecule has 0 fully saturated rings. The molecule has 0 saturated carbocycles. The lowest BCUT2D eigenvalue weighted by atomic mass is 10.1. The van der Waals surface area contributed by atoms with E-state index < -0.39 is 4.92 Å². The molecule has 0 spiro atoms. The third-order valence-corrected chi connectivity index (χ3v) is 4.51. The van der Waals surface area contributed by atoms with Crippen molar-refractivity contribution in [3.63, 3.8) is 0 Å². The van der Waals surface area contributed by atoms with Gasteiger partial charge in [0.05, 0.1) is 9.80 Å². The summed E-state index contributed by atoms with van der Waals surface area (Å²) >= 11 is 4.84. The number of halogens is 1. The Balaban J connectivity index is 2.27. The Kier molecular flexibility index (Phi) is 4.76. The highest BCUT2D eigenvalue weighted by Gasteiger charge is 2.18. The van der Waals surface area contributed by atoms with Gasteiger partial charge in [0.15, 0.2) is 11.6 Å². The minimum atomic E-state index is -0.576. The predicted octanol–water partition coefficient (Wildman–Crippen LogP) is 3.09. The SMILES string of the molecule is NC(=NO)c1ccc(OCc2sccc2Br)c([N+](=O)[O-])c1. The third-order valence-electron chi connectivity index (χ3n) is 2.61. The van der Waals surface area contributed by atoms with Crippen LogP contribution in [0.4, 0.5) is 5.69 Å². The summed E-state index contributed by atoms with van der Waals surface area (Å²) in [6.07, 6.45) is 0. The van der Waals surface area contributed by atoms with Crippen molar-refractivity contribution in [3.05, 3.63) is 54.7 Å². The highest BCUT2D eigenvalue weighted by atomic mass is 79.9. The molecule has 0 bridgehead atoms. The van der Waals surface area contributed by atoms with E-state index in [2.05, 4.69) is 21.1 Å². The summed E-state index contributed by atoms with van der Waals surface area (Å²) in [5.74, 6) is -0.0829. The van der Waals surface area contributed by atoms with Gasteiger partial charge in [0.1, 0.15) is 6.61 Å². The molecule has 0 aliphatic carbocycles. The molecule has 0 radical (unpaired) electrons. The Bertz CT molecular complexity index is 702. The Labute approximate surface area is 131 Å². The van der Waals surface area contributed by atoms with Gasteiger partial charge in [-0.15, -0.1) is 11.3 Å². The van der Waals surface area contributed by atoms with Crippen LogP contribution in [-0.4, -0.2) is 16.0 Å². The molecule has 0 amide bonds. The molecule has 110 valence electrons. The average molecular weight is 372 g/mol. The summed E-state index contributed by atoms with van der Waals surface area (Å²) in [7, 11) is 0. The van der Waals surface area contributed by atoms with Crippen molar-refractivity contribution >= 4 is 38.8 Å². The van der Waals surface area contributed by atoms with Crippen LogP contribution in [0.3, 0.4) is 0 Å². The maximum absolute atomic E-state index is 11.1. The molecule has 9 heteroatoms. The molecule has 2 rings (SSSR count). The quantitative estimate of drug-likeness (QED) is 0.275. The van der Waals surface area contributed by atoms with Crippen LogP contribution in [0, 0.1) is 10.1 Å². The molecule has 21 heavy (non-hydrogen) atoms. The Hall–Kier alpha value is -2.13.